The van der Waals surface area contributed by atoms with E-state index < -0.39 is 44.3 Å². The molecule has 0 spiro atoms. The lowest BCUT2D eigenvalue weighted by atomic mass is 10.1. The summed E-state index contributed by atoms with van der Waals surface area (Å²) in [4.78, 5) is 52.2. The van der Waals surface area contributed by atoms with Crippen LogP contribution < -0.4 is 49.0 Å². The molecule has 0 saturated carbocycles. The number of pyridine rings is 7. The van der Waals surface area contributed by atoms with Gasteiger partial charge in [0.15, 0.2) is 39.6 Å². The fourth-order valence-corrected chi connectivity index (χ4v) is 21.0. The van der Waals surface area contributed by atoms with Crippen molar-refractivity contribution in [3.05, 3.63) is 287 Å². The number of nitrogens with zero attached hydrogens (tertiary/aromatic N) is 17. The first-order valence-electron chi connectivity index (χ1n) is 50.9. The average Bonchev–Trinajstić information content (AvgIpc) is 1.58. The van der Waals surface area contributed by atoms with Gasteiger partial charge in [0.05, 0.1) is 78.0 Å². The molecule has 12 aromatic heterocycles. The highest BCUT2D eigenvalue weighted by atomic mass is 16.4. The van der Waals surface area contributed by atoms with Crippen molar-refractivity contribution in [2.75, 3.05) is 63.0 Å². The van der Waals surface area contributed by atoms with Gasteiger partial charge in [0.25, 0.3) is 0 Å². The SMILES string of the molecule is [2H]C(C)(C)N1c2ccccc2N(c2c(C)ccc3c2oc2nc(C)ccc23)C1C.[2H]C(C)(C)N1c2ccccc2N(c2c(C)ccc3c2oc2nc(C)ccc23)C1C.[2H]C(C)(C)N1c2cccnc2N(c2c(C)ccc3c2oc2nc(C)ccc23)C1C.[2H]C([2H])([2H])N1c2ccccc2N(c2c(C)ccc3c2oc2nc(C)ccc23)C1C.[2H]C([2H])([2H])N1c2cccnc2N(c2c(C)ccc3c2oc2nc(C)ccc23)C1C. The largest absolute Gasteiger partial charge is 0.435 e. The van der Waals surface area contributed by atoms with Crippen molar-refractivity contribution in [2.24, 2.45) is 0 Å². The highest BCUT2D eigenvalue weighted by Gasteiger charge is 2.43. The lowest BCUT2D eigenvalue weighted by Crippen LogP contribution is -2.42. The molecular weight excluding hydrogens is 1690 g/mol. The summed E-state index contributed by atoms with van der Waals surface area (Å²) >= 11 is 0. The molecule has 22 heteroatoms. The quantitative estimate of drug-likeness (QED) is 0.140. The van der Waals surface area contributed by atoms with Gasteiger partial charge < -0.3 is 71.1 Å². The van der Waals surface area contributed by atoms with E-state index in [1.54, 1.807) is 24.5 Å². The first kappa shape index (κ1) is 77.3. The molecule has 25 rings (SSSR count). The Hall–Kier alpha value is -15.2. The summed E-state index contributed by atoms with van der Waals surface area (Å²) in [5.74, 6) is 1.46. The number of fused-ring (bicyclic) bond motifs is 20. The van der Waals surface area contributed by atoms with Crippen LogP contribution in [0, 0.1) is 69.2 Å². The number of rotatable bonds is 8. The summed E-state index contributed by atoms with van der Waals surface area (Å²) in [6.07, 6.45) is 2.50. The van der Waals surface area contributed by atoms with Gasteiger partial charge in [-0.25, -0.2) is 34.9 Å². The Bertz CT molecular complexity index is 7440. The molecule has 686 valence electrons. The molecule has 0 bridgehead atoms. The van der Waals surface area contributed by atoms with E-state index in [-0.39, 0.29) is 18.5 Å². The second-order valence-corrected chi connectivity index (χ2v) is 36.9. The fraction of sp³-hybridized carbons (Fsp3) is 0.272. The van der Waals surface area contributed by atoms with Crippen molar-refractivity contribution in [1.82, 2.24) is 34.9 Å². The normalized spacial score (nSPS) is 18.0. The molecular formula is C114H115N17O5. The van der Waals surface area contributed by atoms with Gasteiger partial charge >= 0.3 is 0 Å². The summed E-state index contributed by atoms with van der Waals surface area (Å²) in [5, 5.41) is 10.1. The molecule has 0 saturated heterocycles. The van der Waals surface area contributed by atoms with E-state index in [9.17, 15) is 0 Å². The number of anilines is 15. The molecule has 8 aromatic carbocycles. The van der Waals surface area contributed by atoms with Crippen LogP contribution in [0.5, 0.6) is 0 Å². The van der Waals surface area contributed by atoms with Crippen LogP contribution in [0.4, 0.5) is 85.6 Å². The molecule has 0 radical (unpaired) electrons. The average molecular weight is 1810 g/mol. The number of furan rings is 5. The van der Waals surface area contributed by atoms with E-state index in [0.717, 1.165) is 201 Å². The van der Waals surface area contributed by atoms with Gasteiger partial charge in [0.2, 0.25) is 28.6 Å². The summed E-state index contributed by atoms with van der Waals surface area (Å²) in [6.45, 7) is 37.3. The second kappa shape index (κ2) is 33.8. The van der Waals surface area contributed by atoms with Gasteiger partial charge in [-0.05, 0) is 295 Å². The van der Waals surface area contributed by atoms with Crippen LogP contribution in [0.3, 0.4) is 0 Å². The lowest BCUT2D eigenvalue weighted by molar-refractivity contribution is 0.601. The van der Waals surface area contributed by atoms with Crippen LogP contribution >= 0.6 is 0 Å². The molecule has 20 aromatic rings. The Kier molecular flexibility index (Phi) is 19.2. The maximum atomic E-state index is 8.74. The molecule has 0 amide bonds. The Labute approximate surface area is 805 Å². The van der Waals surface area contributed by atoms with Crippen molar-refractivity contribution >= 4 is 196 Å². The number of hydrogen-bond acceptors (Lipinski definition) is 22. The van der Waals surface area contributed by atoms with Crippen LogP contribution in [-0.4, -0.2) is 97.7 Å². The summed E-state index contributed by atoms with van der Waals surface area (Å²) in [7, 11) is 0. The van der Waals surface area contributed by atoms with Gasteiger partial charge in [-0.3, -0.25) is 0 Å². The van der Waals surface area contributed by atoms with Crippen LogP contribution in [0.1, 0.15) is 145 Å². The number of hydrogen-bond donors (Lipinski definition) is 0. The maximum Gasteiger partial charge on any atom is 0.227 e. The van der Waals surface area contributed by atoms with Gasteiger partial charge in [-0.1, -0.05) is 97.1 Å². The molecule has 5 aliphatic heterocycles. The number of benzene rings is 8. The highest BCUT2D eigenvalue weighted by Crippen LogP contribution is 2.56. The monoisotopic (exact) mass is 1810 g/mol. The van der Waals surface area contributed by atoms with Gasteiger partial charge in [0.1, 0.15) is 30.8 Å². The molecule has 0 aliphatic carbocycles. The molecule has 0 N–H and O–H groups in total. The summed E-state index contributed by atoms with van der Waals surface area (Å²) in [6, 6.07) is 70.7. The van der Waals surface area contributed by atoms with E-state index in [2.05, 4.69) is 203 Å². The smallest absolute Gasteiger partial charge is 0.227 e. The third-order valence-electron chi connectivity index (χ3n) is 27.2. The van der Waals surface area contributed by atoms with Gasteiger partial charge in [0, 0.05) is 135 Å². The van der Waals surface area contributed by atoms with E-state index in [1.165, 1.54) is 9.80 Å². The molecule has 136 heavy (non-hydrogen) atoms. The fourth-order valence-electron chi connectivity index (χ4n) is 21.0. The number of para-hydroxylation sites is 6. The summed E-state index contributed by atoms with van der Waals surface area (Å²) in [5.41, 5.74) is 29.3. The van der Waals surface area contributed by atoms with Crippen LogP contribution in [-0.2, 0) is 0 Å². The van der Waals surface area contributed by atoms with E-state index in [4.69, 9.17) is 39.4 Å². The zero-order valence-electron chi connectivity index (χ0n) is 89.5. The molecule has 17 heterocycles. The zero-order valence-corrected chi connectivity index (χ0v) is 80.5. The minimum absolute atomic E-state index is 0.0212. The van der Waals surface area contributed by atoms with Crippen LogP contribution in [0.2, 0.25) is 0 Å². The zero-order chi connectivity index (χ0) is 102. The lowest BCUT2D eigenvalue weighted by Gasteiger charge is -2.33. The Balaban J connectivity index is 0.000000107. The third kappa shape index (κ3) is 14.1. The molecule has 5 aliphatic rings. The first-order valence-corrected chi connectivity index (χ1v) is 46.4. The van der Waals surface area contributed by atoms with E-state index in [1.807, 2.05) is 218 Å². The Morgan fingerprint density at radius 2 is 0.478 bits per heavy atom. The van der Waals surface area contributed by atoms with Crippen LogP contribution in [0.15, 0.2) is 253 Å². The predicted octanol–water partition coefficient (Wildman–Crippen LogP) is 28.8. The maximum absolute atomic E-state index is 8.74. The predicted molar refractivity (Wildman–Crippen MR) is 560 cm³/mol. The number of aromatic nitrogens is 7. The Morgan fingerprint density at radius 3 is 0.794 bits per heavy atom. The first-order chi connectivity index (χ1) is 68.8. The van der Waals surface area contributed by atoms with Crippen molar-refractivity contribution in [1.29, 1.82) is 0 Å². The molecule has 5 unspecified atom stereocenters. The van der Waals surface area contributed by atoms with Crippen molar-refractivity contribution < 1.29 is 34.4 Å². The minimum atomic E-state index is -2.29. The highest BCUT2D eigenvalue weighted by molar-refractivity contribution is 6.15. The van der Waals surface area contributed by atoms with Crippen molar-refractivity contribution in [2.45, 2.75) is 194 Å². The second-order valence-electron chi connectivity index (χ2n) is 36.9. The minimum Gasteiger partial charge on any atom is -0.435 e. The van der Waals surface area contributed by atoms with Crippen LogP contribution in [0.25, 0.3) is 110 Å². The van der Waals surface area contributed by atoms with Gasteiger partial charge in [-0.15, -0.1) is 0 Å². The standard InChI is InChI=1S/2C24H25N3O.C23H24N4O.C22H21N3O.C21H20N4O/c2*1-14(2)26-17(5)27(21-9-7-6-8-20(21)26)22-15(3)10-12-18-19-13-11-16(4)25-24(19)28-23(18)22;1-13(2)26-16(5)27(22-19(26)7-6-12-24-22)20-14(3)8-10-17-18-11-9-15(4)25-23(18)28-21(17)20;1-13-9-11-16-17-12-10-14(2)23-22(17)26-21(16)20(13)25-15(3)24(4)18-7-5-6-8-19(18)25;1-12-7-9-15-16-10-8-13(2)23-21(16)26-19(15)18(12)25-14(3)24(4)17-6-5-11-22-20(17)25/h2*6-14,17H,1-5H3;6-13,16H,1-5H3;5-12,15H,1-4H3;5-11,14H,1-4H3/i2*14D;13D;2*4D3. The topological polar surface area (TPSA) is 188 Å². The summed E-state index contributed by atoms with van der Waals surface area (Å²) < 4.78 is 106. The molecule has 22 nitrogen and oxygen atoms in total. The van der Waals surface area contributed by atoms with Crippen molar-refractivity contribution in [3.8, 4) is 0 Å². The van der Waals surface area contributed by atoms with Gasteiger partial charge in [-0.2, -0.15) is 0 Å². The third-order valence-corrected chi connectivity index (χ3v) is 27.2. The van der Waals surface area contributed by atoms with E-state index in [0.29, 0.717) is 51.3 Å². The number of aryl methyl sites for hydroxylation is 10. The molecule has 0 fully saturated rings. The molecule has 5 atom stereocenters. The van der Waals surface area contributed by atoms with E-state index >= 15 is 0 Å². The Morgan fingerprint density at radius 1 is 0.250 bits per heavy atom. The van der Waals surface area contributed by atoms with Crippen molar-refractivity contribution in [3.63, 3.8) is 0 Å².